The highest BCUT2D eigenvalue weighted by atomic mass is 19.1. The van der Waals surface area contributed by atoms with E-state index in [1.807, 2.05) is 12.1 Å². The van der Waals surface area contributed by atoms with Crippen LogP contribution in [0.5, 0.6) is 0 Å². The first-order chi connectivity index (χ1) is 12.5. The van der Waals surface area contributed by atoms with Gasteiger partial charge in [0.15, 0.2) is 0 Å². The molecule has 0 fully saturated rings. The molecule has 1 aliphatic heterocycles. The molecule has 1 heterocycles. The highest BCUT2D eigenvalue weighted by Crippen LogP contribution is 2.43. The fourth-order valence-corrected chi connectivity index (χ4v) is 3.90. The first-order valence-corrected chi connectivity index (χ1v) is 8.82. The number of nitriles is 1. The van der Waals surface area contributed by atoms with Gasteiger partial charge in [-0.1, -0.05) is 13.8 Å². The van der Waals surface area contributed by atoms with Crippen LogP contribution < -0.4 is 10.2 Å². The normalized spacial score (nSPS) is 21.7. The van der Waals surface area contributed by atoms with Crippen LogP contribution in [0.25, 0.3) is 0 Å². The molecular weight excluding hydrogens is 329 g/mol. The van der Waals surface area contributed by atoms with Gasteiger partial charge in [0.1, 0.15) is 5.82 Å². The third-order valence-electron chi connectivity index (χ3n) is 5.14. The Kier molecular flexibility index (Phi) is 4.94. The molecule has 26 heavy (non-hydrogen) atoms. The van der Waals surface area contributed by atoms with Crippen molar-refractivity contribution in [1.82, 2.24) is 0 Å². The van der Waals surface area contributed by atoms with Crippen LogP contribution in [0, 0.1) is 23.1 Å². The Balaban J connectivity index is 2.05. The number of hydrogen-bond acceptors (Lipinski definition) is 3. The SMILES string of the molecule is CC[C@H]1[C@H](C)[C@@H](Nc2ccc(C#N)cc2)c2cc(F)ccc2N1C(C)=O. The zero-order valence-electron chi connectivity index (χ0n) is 15.2. The predicted molar refractivity (Wildman–Crippen MR) is 100 cm³/mol. The summed E-state index contributed by atoms with van der Waals surface area (Å²) < 4.78 is 14.0. The second-order valence-corrected chi connectivity index (χ2v) is 6.74. The summed E-state index contributed by atoms with van der Waals surface area (Å²) in [5.41, 5.74) is 2.99. The van der Waals surface area contributed by atoms with E-state index < -0.39 is 0 Å². The Hall–Kier alpha value is -2.87. The molecule has 1 amide bonds. The van der Waals surface area contributed by atoms with Crippen LogP contribution in [0.4, 0.5) is 15.8 Å². The van der Waals surface area contributed by atoms with Gasteiger partial charge in [-0.2, -0.15) is 5.26 Å². The summed E-state index contributed by atoms with van der Waals surface area (Å²) in [4.78, 5) is 14.1. The predicted octanol–water partition coefficient (Wildman–Crippen LogP) is 4.63. The van der Waals surface area contributed by atoms with Crippen molar-refractivity contribution in [2.45, 2.75) is 39.3 Å². The molecule has 5 heteroatoms. The van der Waals surface area contributed by atoms with E-state index >= 15 is 0 Å². The van der Waals surface area contributed by atoms with Crippen molar-refractivity contribution in [2.75, 3.05) is 10.2 Å². The van der Waals surface area contributed by atoms with Gasteiger partial charge in [-0.3, -0.25) is 4.79 Å². The summed E-state index contributed by atoms with van der Waals surface area (Å²) in [6.45, 7) is 5.69. The smallest absolute Gasteiger partial charge is 0.224 e. The van der Waals surface area contributed by atoms with E-state index in [1.165, 1.54) is 12.1 Å². The molecule has 134 valence electrons. The number of fused-ring (bicyclic) bond motifs is 1. The molecule has 0 radical (unpaired) electrons. The van der Waals surface area contributed by atoms with E-state index in [4.69, 9.17) is 5.26 Å². The van der Waals surface area contributed by atoms with E-state index in [0.717, 1.165) is 23.4 Å². The summed E-state index contributed by atoms with van der Waals surface area (Å²) in [6, 6.07) is 13.8. The van der Waals surface area contributed by atoms with Crippen LogP contribution in [0.1, 0.15) is 44.4 Å². The Morgan fingerprint density at radius 1 is 1.27 bits per heavy atom. The Morgan fingerprint density at radius 2 is 1.96 bits per heavy atom. The van der Waals surface area contributed by atoms with E-state index in [9.17, 15) is 9.18 Å². The Labute approximate surface area is 153 Å². The van der Waals surface area contributed by atoms with Gasteiger partial charge in [-0.15, -0.1) is 0 Å². The second-order valence-electron chi connectivity index (χ2n) is 6.74. The van der Waals surface area contributed by atoms with Crippen molar-refractivity contribution in [3.8, 4) is 6.07 Å². The lowest BCUT2D eigenvalue weighted by molar-refractivity contribution is -0.117. The number of nitrogens with zero attached hydrogens (tertiary/aromatic N) is 2. The summed E-state index contributed by atoms with van der Waals surface area (Å²) in [7, 11) is 0. The number of amides is 1. The molecule has 3 rings (SSSR count). The molecule has 0 spiro atoms. The summed E-state index contributed by atoms with van der Waals surface area (Å²) >= 11 is 0. The fourth-order valence-electron chi connectivity index (χ4n) is 3.90. The first-order valence-electron chi connectivity index (χ1n) is 8.82. The number of hydrogen-bond donors (Lipinski definition) is 1. The molecule has 2 aromatic rings. The molecule has 0 saturated carbocycles. The van der Waals surface area contributed by atoms with Gasteiger partial charge in [0, 0.05) is 35.8 Å². The average molecular weight is 351 g/mol. The van der Waals surface area contributed by atoms with Crippen molar-refractivity contribution in [1.29, 1.82) is 5.26 Å². The standard InChI is InChI=1S/C21H22FN3O/c1-4-19-13(2)21(24-17-8-5-15(12-23)6-9-17)18-11-16(22)7-10-20(18)25(19)14(3)26/h5-11,13,19,21,24H,4H2,1-3H3/t13-,19-,21+/m0/s1. The first kappa shape index (κ1) is 17.9. The number of carbonyl (C=O) groups excluding carboxylic acids is 1. The summed E-state index contributed by atoms with van der Waals surface area (Å²) in [5, 5.41) is 12.4. The molecule has 0 unspecified atom stereocenters. The molecule has 0 aromatic heterocycles. The average Bonchev–Trinajstić information content (AvgIpc) is 2.63. The van der Waals surface area contributed by atoms with Gasteiger partial charge in [0.25, 0.3) is 0 Å². The maximum atomic E-state index is 14.0. The van der Waals surface area contributed by atoms with E-state index in [1.54, 1.807) is 30.0 Å². The Bertz CT molecular complexity index is 857. The van der Waals surface area contributed by atoms with Crippen LogP contribution in [-0.4, -0.2) is 11.9 Å². The number of anilines is 2. The molecule has 3 atom stereocenters. The van der Waals surface area contributed by atoms with Crippen molar-refractivity contribution in [3.05, 3.63) is 59.4 Å². The Morgan fingerprint density at radius 3 is 2.54 bits per heavy atom. The van der Waals surface area contributed by atoms with Crippen molar-refractivity contribution >= 4 is 17.3 Å². The maximum absolute atomic E-state index is 14.0. The van der Waals surface area contributed by atoms with Crippen LogP contribution in [0.2, 0.25) is 0 Å². The lowest BCUT2D eigenvalue weighted by Gasteiger charge is -2.45. The highest BCUT2D eigenvalue weighted by molar-refractivity contribution is 5.94. The molecule has 0 bridgehead atoms. The quantitative estimate of drug-likeness (QED) is 0.877. The van der Waals surface area contributed by atoms with Gasteiger partial charge in [0.05, 0.1) is 17.7 Å². The molecular formula is C21H22FN3O. The largest absolute Gasteiger partial charge is 0.378 e. The zero-order valence-corrected chi connectivity index (χ0v) is 15.2. The van der Waals surface area contributed by atoms with Gasteiger partial charge >= 0.3 is 0 Å². The third-order valence-corrected chi connectivity index (χ3v) is 5.14. The van der Waals surface area contributed by atoms with E-state index in [2.05, 4.69) is 25.2 Å². The minimum Gasteiger partial charge on any atom is -0.378 e. The zero-order chi connectivity index (χ0) is 18.8. The topological polar surface area (TPSA) is 56.1 Å². The maximum Gasteiger partial charge on any atom is 0.224 e. The van der Waals surface area contributed by atoms with E-state index in [-0.39, 0.29) is 29.7 Å². The number of carbonyl (C=O) groups is 1. The molecule has 0 aliphatic carbocycles. The minimum absolute atomic E-state index is 0.0290. The van der Waals surface area contributed by atoms with E-state index in [0.29, 0.717) is 5.56 Å². The third kappa shape index (κ3) is 3.15. The fraction of sp³-hybridized carbons (Fsp3) is 0.333. The second kappa shape index (κ2) is 7.17. The molecule has 0 saturated heterocycles. The lowest BCUT2D eigenvalue weighted by atomic mass is 9.80. The number of halogens is 1. The van der Waals surface area contributed by atoms with Crippen molar-refractivity contribution < 1.29 is 9.18 Å². The number of nitrogens with one attached hydrogen (secondary N) is 1. The van der Waals surface area contributed by atoms with Crippen LogP contribution in [-0.2, 0) is 4.79 Å². The molecule has 4 nitrogen and oxygen atoms in total. The summed E-state index contributed by atoms with van der Waals surface area (Å²) in [6.07, 6.45) is 0.809. The monoisotopic (exact) mass is 351 g/mol. The van der Waals surface area contributed by atoms with Crippen LogP contribution in [0.3, 0.4) is 0 Å². The van der Waals surface area contributed by atoms with Gasteiger partial charge < -0.3 is 10.2 Å². The van der Waals surface area contributed by atoms with Crippen molar-refractivity contribution in [2.24, 2.45) is 5.92 Å². The summed E-state index contributed by atoms with van der Waals surface area (Å²) in [5.74, 6) is -0.261. The molecule has 2 aromatic carbocycles. The van der Waals surface area contributed by atoms with Crippen LogP contribution in [0.15, 0.2) is 42.5 Å². The molecule has 1 aliphatic rings. The lowest BCUT2D eigenvalue weighted by Crippen LogP contribution is -2.49. The molecule has 1 N–H and O–H groups in total. The number of rotatable bonds is 3. The minimum atomic E-state index is -0.318. The highest BCUT2D eigenvalue weighted by Gasteiger charge is 2.39. The van der Waals surface area contributed by atoms with Crippen molar-refractivity contribution in [3.63, 3.8) is 0 Å². The number of benzene rings is 2. The van der Waals surface area contributed by atoms with Crippen LogP contribution >= 0.6 is 0 Å². The van der Waals surface area contributed by atoms with Gasteiger partial charge in [0.2, 0.25) is 5.91 Å². The van der Waals surface area contributed by atoms with Gasteiger partial charge in [-0.05, 0) is 48.9 Å². The van der Waals surface area contributed by atoms with Gasteiger partial charge in [-0.25, -0.2) is 4.39 Å².